The van der Waals surface area contributed by atoms with Crippen molar-refractivity contribution in [1.29, 1.82) is 0 Å². The van der Waals surface area contributed by atoms with Crippen LogP contribution in [0, 0.1) is 27.7 Å². The first-order chi connectivity index (χ1) is 10.4. The lowest BCUT2D eigenvalue weighted by atomic mass is 10.1. The minimum Gasteiger partial charge on any atom is -0.326 e. The van der Waals surface area contributed by atoms with E-state index in [-0.39, 0.29) is 17.9 Å². The Labute approximate surface area is 129 Å². The first-order valence-corrected chi connectivity index (χ1v) is 7.30. The Hall–Kier alpha value is -2.43. The zero-order valence-corrected chi connectivity index (χ0v) is 13.4. The van der Waals surface area contributed by atoms with E-state index in [1.807, 2.05) is 32.0 Å². The highest BCUT2D eigenvalue weighted by Gasteiger charge is 2.10. The van der Waals surface area contributed by atoms with Crippen molar-refractivity contribution < 1.29 is 4.79 Å². The van der Waals surface area contributed by atoms with Crippen LogP contribution >= 0.6 is 0 Å². The molecule has 1 aromatic heterocycles. The molecule has 1 aromatic carbocycles. The van der Waals surface area contributed by atoms with E-state index in [2.05, 4.69) is 15.3 Å². The number of rotatable bonds is 4. The molecule has 0 fully saturated rings. The first kappa shape index (κ1) is 15.9. The number of amides is 1. The van der Waals surface area contributed by atoms with Crippen LogP contribution in [0.3, 0.4) is 0 Å². The SMILES string of the molecule is Cc1ccc(NC(=O)CCc2c(C)nc(C)[nH]c2=O)c(C)c1. The van der Waals surface area contributed by atoms with Gasteiger partial charge in [-0.1, -0.05) is 17.7 Å². The number of aryl methyl sites for hydroxylation is 4. The third-order valence-corrected chi connectivity index (χ3v) is 3.60. The number of hydrogen-bond donors (Lipinski definition) is 2. The number of nitrogens with one attached hydrogen (secondary N) is 2. The van der Waals surface area contributed by atoms with Crippen molar-refractivity contribution in [2.75, 3.05) is 5.32 Å². The molecule has 0 saturated carbocycles. The highest BCUT2D eigenvalue weighted by atomic mass is 16.1. The van der Waals surface area contributed by atoms with Gasteiger partial charge in [0.25, 0.3) is 5.56 Å². The summed E-state index contributed by atoms with van der Waals surface area (Å²) in [5.41, 5.74) is 4.08. The van der Waals surface area contributed by atoms with Gasteiger partial charge in [-0.2, -0.15) is 0 Å². The fourth-order valence-electron chi connectivity index (χ4n) is 2.45. The summed E-state index contributed by atoms with van der Waals surface area (Å²) in [5.74, 6) is 0.484. The summed E-state index contributed by atoms with van der Waals surface area (Å²) in [7, 11) is 0. The standard InChI is InChI=1S/C17H21N3O2/c1-10-5-7-15(11(2)9-10)20-16(21)8-6-14-12(3)18-13(4)19-17(14)22/h5,7,9H,6,8H2,1-4H3,(H,20,21)(H,18,19,22). The largest absolute Gasteiger partial charge is 0.326 e. The van der Waals surface area contributed by atoms with Gasteiger partial charge in [-0.3, -0.25) is 9.59 Å². The Kier molecular flexibility index (Phi) is 4.75. The van der Waals surface area contributed by atoms with Crippen molar-refractivity contribution in [2.45, 2.75) is 40.5 Å². The minimum absolute atomic E-state index is 0.105. The molecule has 0 saturated heterocycles. The predicted octanol–water partition coefficient (Wildman–Crippen LogP) is 2.57. The van der Waals surface area contributed by atoms with Crippen LogP contribution < -0.4 is 10.9 Å². The topological polar surface area (TPSA) is 74.8 Å². The Morgan fingerprint density at radius 1 is 1.23 bits per heavy atom. The molecule has 22 heavy (non-hydrogen) atoms. The zero-order chi connectivity index (χ0) is 16.3. The van der Waals surface area contributed by atoms with Crippen molar-refractivity contribution in [1.82, 2.24) is 9.97 Å². The minimum atomic E-state index is -0.163. The van der Waals surface area contributed by atoms with Crippen LogP contribution in [0.1, 0.15) is 34.6 Å². The van der Waals surface area contributed by atoms with Gasteiger partial charge in [0.2, 0.25) is 5.91 Å². The van der Waals surface area contributed by atoms with Gasteiger partial charge >= 0.3 is 0 Å². The second-order valence-electron chi connectivity index (χ2n) is 5.58. The lowest BCUT2D eigenvalue weighted by Crippen LogP contribution is -2.20. The van der Waals surface area contributed by atoms with Crippen LogP contribution in [-0.4, -0.2) is 15.9 Å². The van der Waals surface area contributed by atoms with Gasteiger partial charge in [-0.25, -0.2) is 4.98 Å². The van der Waals surface area contributed by atoms with Crippen LogP contribution in [-0.2, 0) is 11.2 Å². The van der Waals surface area contributed by atoms with Gasteiger partial charge in [-0.05, 0) is 45.7 Å². The third-order valence-electron chi connectivity index (χ3n) is 3.60. The molecule has 0 bridgehead atoms. The molecule has 0 unspecified atom stereocenters. The summed E-state index contributed by atoms with van der Waals surface area (Å²) >= 11 is 0. The number of nitrogens with zero attached hydrogens (tertiary/aromatic N) is 1. The molecule has 0 aliphatic carbocycles. The molecule has 0 aliphatic rings. The molecule has 0 radical (unpaired) electrons. The highest BCUT2D eigenvalue weighted by molar-refractivity contribution is 5.91. The zero-order valence-electron chi connectivity index (χ0n) is 13.4. The molecule has 0 atom stereocenters. The Morgan fingerprint density at radius 3 is 2.59 bits per heavy atom. The number of H-pyrrole nitrogens is 1. The number of hydrogen-bond acceptors (Lipinski definition) is 3. The summed E-state index contributed by atoms with van der Waals surface area (Å²) < 4.78 is 0. The quantitative estimate of drug-likeness (QED) is 0.911. The van der Waals surface area contributed by atoms with E-state index in [1.54, 1.807) is 13.8 Å². The molecule has 2 N–H and O–H groups in total. The monoisotopic (exact) mass is 299 g/mol. The Bertz CT molecular complexity index is 763. The highest BCUT2D eigenvalue weighted by Crippen LogP contribution is 2.16. The van der Waals surface area contributed by atoms with Gasteiger partial charge in [0.1, 0.15) is 5.82 Å². The number of aromatic nitrogens is 2. The van der Waals surface area contributed by atoms with E-state index in [9.17, 15) is 9.59 Å². The summed E-state index contributed by atoms with van der Waals surface area (Å²) in [5, 5.41) is 2.89. The smallest absolute Gasteiger partial charge is 0.254 e. The van der Waals surface area contributed by atoms with Crippen molar-refractivity contribution in [3.63, 3.8) is 0 Å². The molecule has 0 aliphatic heterocycles. The maximum atomic E-state index is 12.1. The molecular weight excluding hydrogens is 278 g/mol. The fourth-order valence-corrected chi connectivity index (χ4v) is 2.45. The number of benzene rings is 1. The molecule has 2 rings (SSSR count). The first-order valence-electron chi connectivity index (χ1n) is 7.30. The Balaban J connectivity index is 2.03. The number of anilines is 1. The summed E-state index contributed by atoms with van der Waals surface area (Å²) in [6.45, 7) is 7.50. The average molecular weight is 299 g/mol. The van der Waals surface area contributed by atoms with Crippen LogP contribution in [0.15, 0.2) is 23.0 Å². The lowest BCUT2D eigenvalue weighted by molar-refractivity contribution is -0.116. The summed E-state index contributed by atoms with van der Waals surface area (Å²) in [6.07, 6.45) is 0.632. The van der Waals surface area contributed by atoms with E-state index in [0.29, 0.717) is 23.5 Å². The van der Waals surface area contributed by atoms with Crippen molar-refractivity contribution in [2.24, 2.45) is 0 Å². The molecule has 2 aromatic rings. The van der Waals surface area contributed by atoms with E-state index < -0.39 is 0 Å². The molecular formula is C17H21N3O2. The second-order valence-corrected chi connectivity index (χ2v) is 5.58. The lowest BCUT2D eigenvalue weighted by Gasteiger charge is -2.09. The molecule has 1 amide bonds. The molecule has 0 spiro atoms. The van der Waals surface area contributed by atoms with Crippen molar-refractivity contribution in [3.05, 3.63) is 56.8 Å². The van der Waals surface area contributed by atoms with Gasteiger partial charge in [0.05, 0.1) is 0 Å². The van der Waals surface area contributed by atoms with Gasteiger partial charge in [-0.15, -0.1) is 0 Å². The fraction of sp³-hybridized carbons (Fsp3) is 0.353. The van der Waals surface area contributed by atoms with Crippen LogP contribution in [0.4, 0.5) is 5.69 Å². The molecule has 5 nitrogen and oxygen atoms in total. The van der Waals surface area contributed by atoms with E-state index in [0.717, 1.165) is 16.8 Å². The van der Waals surface area contributed by atoms with E-state index in [1.165, 1.54) is 0 Å². The van der Waals surface area contributed by atoms with Crippen LogP contribution in [0.2, 0.25) is 0 Å². The average Bonchev–Trinajstić information content (AvgIpc) is 2.40. The molecule has 5 heteroatoms. The summed E-state index contributed by atoms with van der Waals surface area (Å²) in [4.78, 5) is 30.9. The number of carbonyl (C=O) groups excluding carboxylic acids is 1. The van der Waals surface area contributed by atoms with E-state index >= 15 is 0 Å². The molecule has 116 valence electrons. The predicted molar refractivity (Wildman–Crippen MR) is 87.2 cm³/mol. The van der Waals surface area contributed by atoms with Crippen LogP contribution in [0.5, 0.6) is 0 Å². The second kappa shape index (κ2) is 6.56. The van der Waals surface area contributed by atoms with Gasteiger partial charge in [0.15, 0.2) is 0 Å². The number of carbonyl (C=O) groups is 1. The van der Waals surface area contributed by atoms with Crippen molar-refractivity contribution >= 4 is 11.6 Å². The maximum Gasteiger partial charge on any atom is 0.254 e. The van der Waals surface area contributed by atoms with E-state index in [4.69, 9.17) is 0 Å². The van der Waals surface area contributed by atoms with Crippen molar-refractivity contribution in [3.8, 4) is 0 Å². The maximum absolute atomic E-state index is 12.1. The van der Waals surface area contributed by atoms with Gasteiger partial charge in [0, 0.05) is 23.4 Å². The van der Waals surface area contributed by atoms with Crippen LogP contribution in [0.25, 0.3) is 0 Å². The van der Waals surface area contributed by atoms with Gasteiger partial charge < -0.3 is 10.3 Å². The number of aromatic amines is 1. The third kappa shape index (κ3) is 3.81. The summed E-state index contributed by atoms with van der Waals surface area (Å²) in [6, 6.07) is 5.88. The molecule has 1 heterocycles. The normalized spacial score (nSPS) is 10.5. The Morgan fingerprint density at radius 2 is 1.95 bits per heavy atom.